The smallest absolute Gasteiger partial charge is 0.209 e. The third-order valence-corrected chi connectivity index (χ3v) is 2.15. The zero-order valence-corrected chi connectivity index (χ0v) is 8.08. The van der Waals surface area contributed by atoms with Gasteiger partial charge in [0.2, 0.25) is 5.69 Å². The largest absolute Gasteiger partial charge is 0.383 e. The lowest BCUT2D eigenvalue weighted by Gasteiger charge is -2.00. The maximum Gasteiger partial charge on any atom is 0.209 e. The number of aryl methyl sites for hydroxylation is 1. The Labute approximate surface area is 78.6 Å². The monoisotopic (exact) mass is 259 g/mol. The average molecular weight is 259 g/mol. The molecule has 1 aromatic rings. The maximum absolute atomic E-state index is 6.79. The molecule has 0 aliphatic heterocycles. The van der Waals surface area contributed by atoms with E-state index in [0.717, 1.165) is 3.57 Å². The van der Waals surface area contributed by atoms with Crippen LogP contribution in [0.25, 0.3) is 4.85 Å². The Morgan fingerprint density at radius 1 is 1.73 bits per heavy atom. The molecular weight excluding hydrogens is 253 g/mol. The van der Waals surface area contributed by atoms with Gasteiger partial charge in [-0.15, -0.1) is 0 Å². The number of nitrogen functional groups attached to an aromatic ring is 1. The van der Waals surface area contributed by atoms with Gasteiger partial charge in [-0.1, -0.05) is 0 Å². The zero-order valence-electron chi connectivity index (χ0n) is 5.93. The highest BCUT2D eigenvalue weighted by Crippen LogP contribution is 2.22. The van der Waals surface area contributed by atoms with Crippen molar-refractivity contribution in [2.45, 2.75) is 6.92 Å². The van der Waals surface area contributed by atoms with Gasteiger partial charge < -0.3 is 5.73 Å². The molecule has 1 aromatic heterocycles. The van der Waals surface area contributed by atoms with Crippen molar-refractivity contribution in [3.63, 3.8) is 0 Å². The van der Waals surface area contributed by atoms with Crippen molar-refractivity contribution < 1.29 is 0 Å². The van der Waals surface area contributed by atoms with Crippen LogP contribution in [0.1, 0.15) is 5.69 Å². The molecule has 1 heterocycles. The van der Waals surface area contributed by atoms with Crippen LogP contribution in [-0.2, 0) is 0 Å². The van der Waals surface area contributed by atoms with Crippen LogP contribution in [0, 0.1) is 17.1 Å². The van der Waals surface area contributed by atoms with Gasteiger partial charge in [-0.2, -0.15) is 0 Å². The minimum atomic E-state index is 0.496. The van der Waals surface area contributed by atoms with Crippen LogP contribution in [0.2, 0.25) is 0 Å². The quantitative estimate of drug-likeness (QED) is 0.573. The highest BCUT2D eigenvalue weighted by atomic mass is 127. The molecule has 0 amide bonds. The molecule has 0 aliphatic carbocycles. The van der Waals surface area contributed by atoms with E-state index in [4.69, 9.17) is 12.3 Å². The lowest BCUT2D eigenvalue weighted by Crippen LogP contribution is -1.95. The molecular formula is C7H6IN3. The Hall–Kier alpha value is -0.830. The number of anilines is 1. The summed E-state index contributed by atoms with van der Waals surface area (Å²) in [6.07, 6.45) is 0. The van der Waals surface area contributed by atoms with Crippen LogP contribution in [0.5, 0.6) is 0 Å². The van der Waals surface area contributed by atoms with E-state index >= 15 is 0 Å². The molecule has 11 heavy (non-hydrogen) atoms. The first-order valence-electron chi connectivity index (χ1n) is 2.95. The molecule has 3 nitrogen and oxygen atoms in total. The molecule has 0 atom stereocenters. The minimum absolute atomic E-state index is 0.496. The summed E-state index contributed by atoms with van der Waals surface area (Å²) in [5, 5.41) is 0. The molecule has 0 aliphatic rings. The Bertz CT molecular complexity index is 327. The van der Waals surface area contributed by atoms with Crippen LogP contribution >= 0.6 is 22.6 Å². The summed E-state index contributed by atoms with van der Waals surface area (Å²) in [5.41, 5.74) is 6.79. The lowest BCUT2D eigenvalue weighted by molar-refractivity contribution is 1.21. The fourth-order valence-electron chi connectivity index (χ4n) is 0.703. The normalized spacial score (nSPS) is 9.18. The number of halogens is 1. The van der Waals surface area contributed by atoms with Crippen molar-refractivity contribution in [3.8, 4) is 0 Å². The predicted molar refractivity (Wildman–Crippen MR) is 52.4 cm³/mol. The van der Waals surface area contributed by atoms with E-state index in [1.807, 2.05) is 0 Å². The number of nitrogens with two attached hydrogens (primary N) is 1. The molecule has 0 saturated heterocycles. The van der Waals surface area contributed by atoms with Crippen molar-refractivity contribution >= 4 is 34.1 Å². The molecule has 0 radical (unpaired) electrons. The first-order valence-corrected chi connectivity index (χ1v) is 4.03. The predicted octanol–water partition coefficient (Wildman–Crippen LogP) is 2.13. The van der Waals surface area contributed by atoms with Gasteiger partial charge in [0.25, 0.3) is 0 Å². The molecule has 0 unspecified atom stereocenters. The van der Waals surface area contributed by atoms with Gasteiger partial charge in [0.1, 0.15) is 5.82 Å². The second-order valence-corrected chi connectivity index (χ2v) is 3.23. The van der Waals surface area contributed by atoms with Crippen LogP contribution in [0.3, 0.4) is 0 Å². The van der Waals surface area contributed by atoms with Crippen LogP contribution in [0.15, 0.2) is 6.07 Å². The molecule has 0 spiro atoms. The third-order valence-electron chi connectivity index (χ3n) is 1.29. The highest BCUT2D eigenvalue weighted by molar-refractivity contribution is 14.1. The van der Waals surface area contributed by atoms with E-state index in [0.29, 0.717) is 17.2 Å². The highest BCUT2D eigenvalue weighted by Gasteiger charge is 2.02. The van der Waals surface area contributed by atoms with E-state index in [9.17, 15) is 0 Å². The topological polar surface area (TPSA) is 43.3 Å². The van der Waals surface area contributed by atoms with Gasteiger partial charge in [0.15, 0.2) is 0 Å². The maximum atomic E-state index is 6.79. The summed E-state index contributed by atoms with van der Waals surface area (Å²) >= 11 is 2.06. The van der Waals surface area contributed by atoms with E-state index < -0.39 is 0 Å². The molecule has 2 N–H and O–H groups in total. The Morgan fingerprint density at radius 3 is 2.91 bits per heavy atom. The van der Waals surface area contributed by atoms with E-state index in [-0.39, 0.29) is 0 Å². The van der Waals surface area contributed by atoms with Crippen molar-refractivity contribution in [3.05, 3.63) is 26.7 Å². The number of nitrogens with zero attached hydrogens (tertiary/aromatic N) is 2. The summed E-state index contributed by atoms with van der Waals surface area (Å²) in [4.78, 5) is 7.30. The van der Waals surface area contributed by atoms with Gasteiger partial charge in [-0.25, -0.2) is 9.83 Å². The summed E-state index contributed by atoms with van der Waals surface area (Å²) in [7, 11) is 0. The number of aromatic nitrogens is 1. The van der Waals surface area contributed by atoms with E-state index in [2.05, 4.69) is 32.4 Å². The van der Waals surface area contributed by atoms with Crippen molar-refractivity contribution in [2.75, 3.05) is 5.73 Å². The lowest BCUT2D eigenvalue weighted by atomic mass is 10.3. The van der Waals surface area contributed by atoms with E-state index in [1.165, 1.54) is 0 Å². The summed E-state index contributed by atoms with van der Waals surface area (Å²) in [6, 6.07) is 1.74. The summed E-state index contributed by atoms with van der Waals surface area (Å²) < 4.78 is 0.833. The number of hydrogen-bond acceptors (Lipinski definition) is 2. The molecule has 0 fully saturated rings. The molecule has 56 valence electrons. The number of hydrogen-bond donors (Lipinski definition) is 1. The number of rotatable bonds is 0. The first-order chi connectivity index (χ1) is 5.15. The van der Waals surface area contributed by atoms with Crippen molar-refractivity contribution in [2.24, 2.45) is 0 Å². The Balaban J connectivity index is 3.35. The van der Waals surface area contributed by atoms with Gasteiger partial charge >= 0.3 is 0 Å². The molecule has 0 aromatic carbocycles. The second kappa shape index (κ2) is 3.05. The van der Waals surface area contributed by atoms with Gasteiger partial charge in [0.05, 0.1) is 6.57 Å². The number of pyridine rings is 1. The van der Waals surface area contributed by atoms with Crippen LogP contribution < -0.4 is 5.73 Å². The third kappa shape index (κ3) is 1.60. The average Bonchev–Trinajstić information content (AvgIpc) is 1.97. The second-order valence-electron chi connectivity index (χ2n) is 2.07. The van der Waals surface area contributed by atoms with Crippen LogP contribution in [-0.4, -0.2) is 4.98 Å². The SMILES string of the molecule is [C-]#[N+]c1cc(I)c(N)nc1C. The molecule has 4 heteroatoms. The van der Waals surface area contributed by atoms with Gasteiger partial charge in [0, 0.05) is 9.26 Å². The zero-order chi connectivity index (χ0) is 8.43. The van der Waals surface area contributed by atoms with Crippen molar-refractivity contribution in [1.29, 1.82) is 0 Å². The fourth-order valence-corrected chi connectivity index (χ4v) is 1.12. The summed E-state index contributed by atoms with van der Waals surface area (Å²) in [5.74, 6) is 0.496. The first kappa shape index (κ1) is 8.27. The molecule has 0 bridgehead atoms. The van der Waals surface area contributed by atoms with Crippen molar-refractivity contribution in [1.82, 2.24) is 4.98 Å². The Kier molecular flexibility index (Phi) is 2.29. The molecule has 0 saturated carbocycles. The van der Waals surface area contributed by atoms with Gasteiger partial charge in [-0.3, -0.25) is 0 Å². The van der Waals surface area contributed by atoms with Gasteiger partial charge in [-0.05, 0) is 35.6 Å². The van der Waals surface area contributed by atoms with E-state index in [1.54, 1.807) is 13.0 Å². The fraction of sp³-hybridized carbons (Fsp3) is 0.143. The minimum Gasteiger partial charge on any atom is -0.383 e. The standard InChI is InChI=1S/C7H6IN3/c1-4-6(10-2)3-5(8)7(9)11-4/h3H,1H3,(H2,9,11). The molecule has 1 rings (SSSR count). The summed E-state index contributed by atoms with van der Waals surface area (Å²) in [6.45, 7) is 8.57. The van der Waals surface area contributed by atoms with Crippen LogP contribution in [0.4, 0.5) is 11.5 Å². The Morgan fingerprint density at radius 2 is 2.36 bits per heavy atom.